The minimum absolute atomic E-state index is 0.0751. The van der Waals surface area contributed by atoms with Gasteiger partial charge in [0.1, 0.15) is 5.82 Å². The first-order valence-electron chi connectivity index (χ1n) is 9.52. The van der Waals surface area contributed by atoms with E-state index in [1.165, 1.54) is 16.4 Å². The molecule has 31 heavy (non-hydrogen) atoms. The molecule has 5 nitrogen and oxygen atoms in total. The number of carbonyl (C=O) groups is 1. The SMILES string of the molecule is C[C@@H](NC(=O)c1ccc(N(Cc2ccccc2Cl)S(C)(=O)=O)cc1)c1ccc(F)cc1. The summed E-state index contributed by atoms with van der Waals surface area (Å²) in [5.74, 6) is -0.662. The predicted molar refractivity (Wildman–Crippen MR) is 121 cm³/mol. The van der Waals surface area contributed by atoms with Crippen LogP contribution >= 0.6 is 11.6 Å². The highest BCUT2D eigenvalue weighted by Crippen LogP contribution is 2.25. The van der Waals surface area contributed by atoms with Crippen molar-refractivity contribution in [3.05, 3.63) is 100 Å². The predicted octanol–water partition coefficient (Wildman–Crippen LogP) is 4.94. The zero-order chi connectivity index (χ0) is 22.6. The summed E-state index contributed by atoms with van der Waals surface area (Å²) in [4.78, 5) is 12.6. The Morgan fingerprint density at radius 1 is 1.03 bits per heavy atom. The van der Waals surface area contributed by atoms with Crippen molar-refractivity contribution in [2.45, 2.75) is 19.5 Å². The zero-order valence-electron chi connectivity index (χ0n) is 17.0. The van der Waals surface area contributed by atoms with Gasteiger partial charge in [0.05, 0.1) is 24.5 Å². The Labute approximate surface area is 186 Å². The lowest BCUT2D eigenvalue weighted by Crippen LogP contribution is -2.30. The molecule has 0 aliphatic rings. The number of nitrogens with zero attached hydrogens (tertiary/aromatic N) is 1. The van der Waals surface area contributed by atoms with Crippen molar-refractivity contribution in [1.29, 1.82) is 0 Å². The van der Waals surface area contributed by atoms with Crippen LogP contribution in [0.4, 0.5) is 10.1 Å². The van der Waals surface area contributed by atoms with E-state index in [-0.39, 0.29) is 24.3 Å². The van der Waals surface area contributed by atoms with E-state index in [0.29, 0.717) is 21.8 Å². The number of anilines is 1. The molecular formula is C23H22ClFN2O3S. The van der Waals surface area contributed by atoms with Crippen LogP contribution in [0.2, 0.25) is 5.02 Å². The quantitative estimate of drug-likeness (QED) is 0.543. The van der Waals surface area contributed by atoms with Crippen molar-refractivity contribution < 1.29 is 17.6 Å². The third-order valence-electron chi connectivity index (χ3n) is 4.81. The summed E-state index contributed by atoms with van der Waals surface area (Å²) in [7, 11) is -3.58. The molecule has 0 heterocycles. The number of carbonyl (C=O) groups excluding carboxylic acids is 1. The van der Waals surface area contributed by atoms with Gasteiger partial charge in [0.2, 0.25) is 10.0 Å². The van der Waals surface area contributed by atoms with E-state index >= 15 is 0 Å². The van der Waals surface area contributed by atoms with Crippen LogP contribution in [-0.2, 0) is 16.6 Å². The highest BCUT2D eigenvalue weighted by atomic mass is 35.5. The first-order valence-corrected chi connectivity index (χ1v) is 11.8. The second-order valence-corrected chi connectivity index (χ2v) is 9.47. The van der Waals surface area contributed by atoms with Gasteiger partial charge in [0, 0.05) is 10.6 Å². The maximum atomic E-state index is 13.1. The maximum Gasteiger partial charge on any atom is 0.251 e. The Morgan fingerprint density at radius 3 is 2.23 bits per heavy atom. The van der Waals surface area contributed by atoms with Crippen LogP contribution < -0.4 is 9.62 Å². The highest BCUT2D eigenvalue weighted by Gasteiger charge is 2.20. The highest BCUT2D eigenvalue weighted by molar-refractivity contribution is 7.92. The minimum atomic E-state index is -3.58. The number of hydrogen-bond acceptors (Lipinski definition) is 3. The summed E-state index contributed by atoms with van der Waals surface area (Å²) in [6.07, 6.45) is 1.12. The van der Waals surface area contributed by atoms with Crippen LogP contribution in [0.3, 0.4) is 0 Å². The van der Waals surface area contributed by atoms with Gasteiger partial charge in [-0.15, -0.1) is 0 Å². The maximum absolute atomic E-state index is 13.1. The number of sulfonamides is 1. The molecule has 3 aromatic carbocycles. The van der Waals surface area contributed by atoms with Gasteiger partial charge in [0.25, 0.3) is 5.91 Å². The summed E-state index contributed by atoms with van der Waals surface area (Å²) in [5.41, 5.74) is 2.24. The molecule has 0 spiro atoms. The number of amides is 1. The number of rotatable bonds is 7. The summed E-state index contributed by atoms with van der Waals surface area (Å²) in [5, 5.41) is 3.32. The van der Waals surface area contributed by atoms with Crippen LogP contribution in [0.1, 0.15) is 34.5 Å². The molecule has 162 valence electrons. The van der Waals surface area contributed by atoms with Crippen LogP contribution in [0.5, 0.6) is 0 Å². The van der Waals surface area contributed by atoms with E-state index in [0.717, 1.165) is 11.8 Å². The third-order valence-corrected chi connectivity index (χ3v) is 6.32. The summed E-state index contributed by atoms with van der Waals surface area (Å²) >= 11 is 6.19. The van der Waals surface area contributed by atoms with Crippen molar-refractivity contribution >= 4 is 33.2 Å². The molecule has 8 heteroatoms. The standard InChI is InChI=1S/C23H22ClFN2O3S/c1-16(17-7-11-20(25)12-8-17)26-23(28)18-9-13-21(14-10-18)27(31(2,29)30)15-19-5-3-4-6-22(19)24/h3-14,16H,15H2,1-2H3,(H,26,28)/t16-/m1/s1. The Kier molecular flexibility index (Phi) is 6.97. The average molecular weight is 461 g/mol. The Morgan fingerprint density at radius 2 is 1.65 bits per heavy atom. The molecule has 0 aromatic heterocycles. The topological polar surface area (TPSA) is 66.5 Å². The number of halogens is 2. The Hall–Kier alpha value is -2.90. The molecule has 0 radical (unpaired) electrons. The van der Waals surface area contributed by atoms with Crippen LogP contribution in [-0.4, -0.2) is 20.6 Å². The smallest absolute Gasteiger partial charge is 0.251 e. The van der Waals surface area contributed by atoms with Gasteiger partial charge in [-0.1, -0.05) is 41.9 Å². The first-order chi connectivity index (χ1) is 14.6. The summed E-state index contributed by atoms with van der Waals surface area (Å²) < 4.78 is 39.1. The lowest BCUT2D eigenvalue weighted by atomic mass is 10.1. The minimum Gasteiger partial charge on any atom is -0.346 e. The first kappa shape index (κ1) is 22.8. The molecule has 0 aliphatic heterocycles. The van der Waals surface area contributed by atoms with Gasteiger partial charge in [-0.05, 0) is 60.5 Å². The lowest BCUT2D eigenvalue weighted by Gasteiger charge is -2.23. The lowest BCUT2D eigenvalue weighted by molar-refractivity contribution is 0.0940. The zero-order valence-corrected chi connectivity index (χ0v) is 18.6. The van der Waals surface area contributed by atoms with Crippen LogP contribution in [0, 0.1) is 5.82 Å². The molecule has 1 atom stereocenters. The van der Waals surface area contributed by atoms with E-state index < -0.39 is 10.0 Å². The molecule has 1 amide bonds. The number of hydrogen-bond donors (Lipinski definition) is 1. The van der Waals surface area contributed by atoms with Crippen molar-refractivity contribution in [1.82, 2.24) is 5.32 Å². The fourth-order valence-electron chi connectivity index (χ4n) is 3.08. The summed E-state index contributed by atoms with van der Waals surface area (Å²) in [6, 6.07) is 18.9. The second-order valence-electron chi connectivity index (χ2n) is 7.15. The van der Waals surface area contributed by atoms with E-state index in [9.17, 15) is 17.6 Å². The molecule has 0 unspecified atom stereocenters. The molecule has 0 saturated heterocycles. The number of nitrogens with one attached hydrogen (secondary N) is 1. The third kappa shape index (κ3) is 5.83. The van der Waals surface area contributed by atoms with Gasteiger partial charge >= 0.3 is 0 Å². The fourth-order valence-corrected chi connectivity index (χ4v) is 4.15. The van der Waals surface area contributed by atoms with Gasteiger partial charge in [-0.25, -0.2) is 12.8 Å². The van der Waals surface area contributed by atoms with E-state index in [2.05, 4.69) is 5.32 Å². The Balaban J connectivity index is 1.77. The number of benzene rings is 3. The van der Waals surface area contributed by atoms with E-state index in [1.807, 2.05) is 0 Å². The molecular weight excluding hydrogens is 439 g/mol. The van der Waals surface area contributed by atoms with E-state index in [1.54, 1.807) is 67.6 Å². The Bertz CT molecular complexity index is 1170. The van der Waals surface area contributed by atoms with Crippen molar-refractivity contribution in [3.8, 4) is 0 Å². The van der Waals surface area contributed by atoms with Gasteiger partial charge in [0.15, 0.2) is 0 Å². The van der Waals surface area contributed by atoms with Crippen molar-refractivity contribution in [2.75, 3.05) is 10.6 Å². The van der Waals surface area contributed by atoms with Gasteiger partial charge in [-0.2, -0.15) is 0 Å². The molecule has 0 saturated carbocycles. The second kappa shape index (κ2) is 9.49. The average Bonchev–Trinajstić information content (AvgIpc) is 2.73. The fraction of sp³-hybridized carbons (Fsp3) is 0.174. The van der Waals surface area contributed by atoms with Gasteiger partial charge in [-0.3, -0.25) is 9.10 Å². The molecule has 0 fully saturated rings. The molecule has 1 N–H and O–H groups in total. The molecule has 3 rings (SSSR count). The molecule has 0 bridgehead atoms. The largest absolute Gasteiger partial charge is 0.346 e. The van der Waals surface area contributed by atoms with E-state index in [4.69, 9.17) is 11.6 Å². The normalized spacial score (nSPS) is 12.3. The van der Waals surface area contributed by atoms with Gasteiger partial charge < -0.3 is 5.32 Å². The van der Waals surface area contributed by atoms with Crippen LogP contribution in [0.25, 0.3) is 0 Å². The molecule has 0 aliphatic carbocycles. The monoisotopic (exact) mass is 460 g/mol. The summed E-state index contributed by atoms with van der Waals surface area (Å²) in [6.45, 7) is 1.88. The van der Waals surface area contributed by atoms with Crippen LogP contribution in [0.15, 0.2) is 72.8 Å². The van der Waals surface area contributed by atoms with Crippen molar-refractivity contribution in [3.63, 3.8) is 0 Å². The van der Waals surface area contributed by atoms with Crippen molar-refractivity contribution in [2.24, 2.45) is 0 Å². The molecule has 3 aromatic rings.